The first kappa shape index (κ1) is 14.5. The fourth-order valence-corrected chi connectivity index (χ4v) is 1.91. The third-order valence-corrected chi connectivity index (χ3v) is 2.65. The molecule has 0 unspecified atom stereocenters. The van der Waals surface area contributed by atoms with Crippen molar-refractivity contribution in [1.82, 2.24) is 5.32 Å². The molecule has 1 aromatic rings. The normalized spacial score (nSPS) is 10.3. The zero-order valence-corrected chi connectivity index (χ0v) is 11.5. The first-order valence-electron chi connectivity index (χ1n) is 5.69. The molecular weight excluding hydrogens is 252 g/mol. The minimum atomic E-state index is -0.0666. The van der Waals surface area contributed by atoms with E-state index in [1.165, 1.54) is 0 Å². The Balaban J connectivity index is 2.75. The number of carbonyl (C=O) groups excluding carboxylic acids is 2. The van der Waals surface area contributed by atoms with E-state index in [0.717, 1.165) is 12.0 Å². The molecule has 0 atom stereocenters. The maximum Gasteiger partial charge on any atom is 0.239 e. The van der Waals surface area contributed by atoms with E-state index in [0.29, 0.717) is 10.6 Å². The molecule has 5 heteroatoms. The summed E-state index contributed by atoms with van der Waals surface area (Å²) in [6.45, 7) is 4.03. The second-order valence-corrected chi connectivity index (χ2v) is 4.81. The monoisotopic (exact) mass is 268 g/mol. The van der Waals surface area contributed by atoms with Crippen molar-refractivity contribution in [1.29, 1.82) is 0 Å². The quantitative estimate of drug-likeness (QED) is 0.832. The van der Waals surface area contributed by atoms with E-state index in [-0.39, 0.29) is 18.5 Å². The zero-order chi connectivity index (χ0) is 13.7. The van der Waals surface area contributed by atoms with Crippen molar-refractivity contribution in [2.45, 2.75) is 19.9 Å². The van der Waals surface area contributed by atoms with E-state index < -0.39 is 0 Å². The Morgan fingerprint density at radius 3 is 2.67 bits per heavy atom. The first-order valence-corrected chi connectivity index (χ1v) is 6.07. The average molecular weight is 269 g/mol. The Morgan fingerprint density at radius 2 is 2.17 bits per heavy atom. The number of anilines is 1. The highest BCUT2D eigenvalue weighted by Crippen LogP contribution is 2.25. The molecule has 1 amide bonds. The number of carbonyl (C=O) groups is 2. The smallest absolute Gasteiger partial charge is 0.239 e. The van der Waals surface area contributed by atoms with Gasteiger partial charge in [0.05, 0.1) is 17.3 Å². The number of likely N-dealkylation sites (N-methyl/N-ethyl adjacent to an activating group) is 1. The highest BCUT2D eigenvalue weighted by atomic mass is 35.5. The fourth-order valence-electron chi connectivity index (χ4n) is 1.57. The van der Waals surface area contributed by atoms with Gasteiger partial charge in [-0.15, -0.1) is 0 Å². The number of hydrogen-bond donors (Lipinski definition) is 1. The van der Waals surface area contributed by atoms with Crippen LogP contribution in [0.2, 0.25) is 5.02 Å². The minimum Gasteiger partial charge on any atom is -0.364 e. The van der Waals surface area contributed by atoms with Gasteiger partial charge in [-0.1, -0.05) is 11.6 Å². The van der Waals surface area contributed by atoms with E-state index in [4.69, 9.17) is 11.6 Å². The van der Waals surface area contributed by atoms with Gasteiger partial charge in [0.2, 0.25) is 5.91 Å². The molecule has 0 saturated heterocycles. The molecule has 98 valence electrons. The second-order valence-electron chi connectivity index (χ2n) is 4.41. The van der Waals surface area contributed by atoms with Crippen LogP contribution in [0.15, 0.2) is 18.2 Å². The Bertz CT molecular complexity index is 447. The molecule has 0 bridgehead atoms. The first-order chi connectivity index (χ1) is 8.43. The predicted molar refractivity (Wildman–Crippen MR) is 73.4 cm³/mol. The number of rotatable bonds is 5. The van der Waals surface area contributed by atoms with Crippen LogP contribution >= 0.6 is 11.6 Å². The van der Waals surface area contributed by atoms with Crippen LogP contribution in [0.4, 0.5) is 5.69 Å². The van der Waals surface area contributed by atoms with Gasteiger partial charge in [-0.05, 0) is 32.0 Å². The van der Waals surface area contributed by atoms with Crippen molar-refractivity contribution in [3.05, 3.63) is 28.8 Å². The second kappa shape index (κ2) is 6.40. The number of halogens is 1. The standard InChI is InChI=1S/C13H17ClN2O2/c1-9(2)15-13(18)7-16(3)12-5-4-10(8-17)6-11(12)14/h4-6,8-9H,7H2,1-3H3,(H,15,18). The summed E-state index contributed by atoms with van der Waals surface area (Å²) in [5.74, 6) is -0.0666. The van der Waals surface area contributed by atoms with Gasteiger partial charge in [0, 0.05) is 18.7 Å². The predicted octanol–water partition coefficient (Wildman–Crippen LogP) is 2.11. The Morgan fingerprint density at radius 1 is 1.50 bits per heavy atom. The van der Waals surface area contributed by atoms with Gasteiger partial charge in [-0.25, -0.2) is 0 Å². The molecule has 1 N–H and O–H groups in total. The van der Waals surface area contributed by atoms with Crippen LogP contribution in [-0.4, -0.2) is 31.8 Å². The lowest BCUT2D eigenvalue weighted by Gasteiger charge is -2.21. The number of nitrogens with one attached hydrogen (secondary N) is 1. The van der Waals surface area contributed by atoms with E-state index in [1.807, 2.05) is 13.8 Å². The van der Waals surface area contributed by atoms with E-state index in [1.54, 1.807) is 30.1 Å². The van der Waals surface area contributed by atoms with E-state index >= 15 is 0 Å². The Kier molecular flexibility index (Phi) is 5.16. The van der Waals surface area contributed by atoms with Gasteiger partial charge < -0.3 is 10.2 Å². The molecule has 18 heavy (non-hydrogen) atoms. The lowest BCUT2D eigenvalue weighted by molar-refractivity contribution is -0.120. The van der Waals surface area contributed by atoms with Crippen LogP contribution in [0.1, 0.15) is 24.2 Å². The summed E-state index contributed by atoms with van der Waals surface area (Å²) in [6.07, 6.45) is 0.737. The molecule has 0 aliphatic heterocycles. The molecule has 0 aliphatic carbocycles. The van der Waals surface area contributed by atoms with Crippen molar-refractivity contribution >= 4 is 29.5 Å². The van der Waals surface area contributed by atoms with Crippen LogP contribution < -0.4 is 10.2 Å². The van der Waals surface area contributed by atoms with Crippen LogP contribution in [0.25, 0.3) is 0 Å². The Labute approximate surface area is 112 Å². The maximum absolute atomic E-state index is 11.6. The van der Waals surface area contributed by atoms with Gasteiger partial charge in [0.25, 0.3) is 0 Å². The van der Waals surface area contributed by atoms with Gasteiger partial charge in [0.1, 0.15) is 6.29 Å². The van der Waals surface area contributed by atoms with E-state index in [9.17, 15) is 9.59 Å². The third kappa shape index (κ3) is 4.04. The van der Waals surface area contributed by atoms with Crippen molar-refractivity contribution in [3.63, 3.8) is 0 Å². The maximum atomic E-state index is 11.6. The van der Waals surface area contributed by atoms with Crippen LogP contribution in [0.3, 0.4) is 0 Å². The number of amides is 1. The highest BCUT2D eigenvalue weighted by molar-refractivity contribution is 6.33. The van der Waals surface area contributed by atoms with Crippen molar-refractivity contribution in [3.8, 4) is 0 Å². The van der Waals surface area contributed by atoms with E-state index in [2.05, 4.69) is 5.32 Å². The van der Waals surface area contributed by atoms with Crippen LogP contribution in [0.5, 0.6) is 0 Å². The lowest BCUT2D eigenvalue weighted by atomic mass is 10.2. The summed E-state index contributed by atoms with van der Waals surface area (Å²) in [5, 5.41) is 3.26. The Hall–Kier alpha value is -1.55. The molecule has 0 aromatic heterocycles. The average Bonchev–Trinajstić information content (AvgIpc) is 2.27. The summed E-state index contributed by atoms with van der Waals surface area (Å²) >= 11 is 6.06. The van der Waals surface area contributed by atoms with Crippen molar-refractivity contribution in [2.24, 2.45) is 0 Å². The van der Waals surface area contributed by atoms with Crippen LogP contribution in [-0.2, 0) is 4.79 Å². The molecule has 4 nitrogen and oxygen atoms in total. The molecular formula is C13H17ClN2O2. The molecule has 0 aliphatic rings. The summed E-state index contributed by atoms with van der Waals surface area (Å²) < 4.78 is 0. The number of hydrogen-bond acceptors (Lipinski definition) is 3. The third-order valence-electron chi connectivity index (χ3n) is 2.35. The molecule has 0 heterocycles. The topological polar surface area (TPSA) is 49.4 Å². The SMILES string of the molecule is CC(C)NC(=O)CN(C)c1ccc(C=O)cc1Cl. The van der Waals surface area contributed by atoms with Crippen molar-refractivity contribution < 1.29 is 9.59 Å². The summed E-state index contributed by atoms with van der Waals surface area (Å²) in [5.41, 5.74) is 1.24. The van der Waals surface area contributed by atoms with Crippen LogP contribution in [0, 0.1) is 0 Å². The summed E-state index contributed by atoms with van der Waals surface area (Å²) in [4.78, 5) is 24.0. The van der Waals surface area contributed by atoms with Crippen molar-refractivity contribution in [2.75, 3.05) is 18.5 Å². The van der Waals surface area contributed by atoms with Gasteiger partial charge >= 0.3 is 0 Å². The molecule has 0 spiro atoms. The fraction of sp³-hybridized carbons (Fsp3) is 0.385. The molecule has 1 aromatic carbocycles. The molecule has 1 rings (SSSR count). The van der Waals surface area contributed by atoms with Gasteiger partial charge in [0.15, 0.2) is 0 Å². The molecule has 0 saturated carbocycles. The molecule has 0 fully saturated rings. The number of benzene rings is 1. The van der Waals surface area contributed by atoms with Gasteiger partial charge in [-0.3, -0.25) is 9.59 Å². The molecule has 0 radical (unpaired) electrons. The number of aldehydes is 1. The largest absolute Gasteiger partial charge is 0.364 e. The zero-order valence-electron chi connectivity index (χ0n) is 10.7. The summed E-state index contributed by atoms with van der Waals surface area (Å²) in [6, 6.07) is 5.10. The van der Waals surface area contributed by atoms with Gasteiger partial charge in [-0.2, -0.15) is 0 Å². The highest BCUT2D eigenvalue weighted by Gasteiger charge is 2.11. The summed E-state index contributed by atoms with van der Waals surface area (Å²) in [7, 11) is 1.78. The minimum absolute atomic E-state index is 0.0666. The lowest BCUT2D eigenvalue weighted by Crippen LogP contribution is -2.38. The number of nitrogens with zero attached hydrogens (tertiary/aromatic N) is 1.